The summed E-state index contributed by atoms with van der Waals surface area (Å²) in [6.07, 6.45) is 2.90. The summed E-state index contributed by atoms with van der Waals surface area (Å²) in [5.41, 5.74) is 1.11. The molecule has 1 heterocycles. The van der Waals surface area contributed by atoms with E-state index in [1.807, 2.05) is 6.08 Å². The SMILES string of the molecule is O=C(NCC1=CCNCC1)c1cc([N+](=O)[O-])ccc1Cl. The Morgan fingerprint density at radius 1 is 1.50 bits per heavy atom. The van der Waals surface area contributed by atoms with Gasteiger partial charge >= 0.3 is 0 Å². The highest BCUT2D eigenvalue weighted by atomic mass is 35.5. The molecule has 0 aliphatic carbocycles. The number of rotatable bonds is 4. The molecule has 0 atom stereocenters. The normalized spacial score (nSPS) is 14.6. The van der Waals surface area contributed by atoms with E-state index in [0.717, 1.165) is 25.1 Å². The van der Waals surface area contributed by atoms with E-state index in [4.69, 9.17) is 11.6 Å². The number of hydrogen-bond acceptors (Lipinski definition) is 4. The summed E-state index contributed by atoms with van der Waals surface area (Å²) in [7, 11) is 0. The highest BCUT2D eigenvalue weighted by Gasteiger charge is 2.16. The van der Waals surface area contributed by atoms with E-state index < -0.39 is 10.8 Å². The maximum absolute atomic E-state index is 12.0. The van der Waals surface area contributed by atoms with Crippen molar-refractivity contribution in [2.45, 2.75) is 6.42 Å². The second-order valence-electron chi connectivity index (χ2n) is 4.42. The van der Waals surface area contributed by atoms with Gasteiger partial charge in [-0.05, 0) is 19.0 Å². The molecule has 0 radical (unpaired) electrons. The zero-order valence-electron chi connectivity index (χ0n) is 10.7. The largest absolute Gasteiger partial charge is 0.348 e. The minimum absolute atomic E-state index is 0.121. The van der Waals surface area contributed by atoms with Crippen molar-refractivity contribution >= 4 is 23.2 Å². The summed E-state index contributed by atoms with van der Waals surface area (Å²) in [6.45, 7) is 2.11. The molecule has 6 nitrogen and oxygen atoms in total. The van der Waals surface area contributed by atoms with Gasteiger partial charge in [-0.2, -0.15) is 0 Å². The summed E-state index contributed by atoms with van der Waals surface area (Å²) >= 11 is 5.91. The Kier molecular flexibility index (Phi) is 4.70. The Balaban J connectivity index is 2.06. The molecule has 2 N–H and O–H groups in total. The first-order valence-electron chi connectivity index (χ1n) is 6.18. The highest BCUT2D eigenvalue weighted by Crippen LogP contribution is 2.22. The smallest absolute Gasteiger partial charge is 0.270 e. The van der Waals surface area contributed by atoms with Gasteiger partial charge in [0.15, 0.2) is 0 Å². The Labute approximate surface area is 121 Å². The molecule has 1 aliphatic heterocycles. The maximum atomic E-state index is 12.0. The second kappa shape index (κ2) is 6.49. The topological polar surface area (TPSA) is 84.3 Å². The van der Waals surface area contributed by atoms with Crippen molar-refractivity contribution in [2.75, 3.05) is 19.6 Å². The average Bonchev–Trinajstić information content (AvgIpc) is 2.46. The van der Waals surface area contributed by atoms with Crippen LogP contribution in [0.2, 0.25) is 5.02 Å². The van der Waals surface area contributed by atoms with Gasteiger partial charge in [0.25, 0.3) is 11.6 Å². The quantitative estimate of drug-likeness (QED) is 0.505. The van der Waals surface area contributed by atoms with Crippen LogP contribution in [0.3, 0.4) is 0 Å². The summed E-state index contributed by atoms with van der Waals surface area (Å²) in [4.78, 5) is 22.2. The number of amides is 1. The molecule has 1 aromatic rings. The van der Waals surface area contributed by atoms with Gasteiger partial charge in [0.05, 0.1) is 15.5 Å². The van der Waals surface area contributed by atoms with Crippen LogP contribution in [0.15, 0.2) is 29.8 Å². The third-order valence-corrected chi connectivity index (χ3v) is 3.37. The molecule has 20 heavy (non-hydrogen) atoms. The van der Waals surface area contributed by atoms with Gasteiger partial charge in [-0.3, -0.25) is 14.9 Å². The van der Waals surface area contributed by atoms with Crippen LogP contribution in [-0.4, -0.2) is 30.5 Å². The first-order valence-corrected chi connectivity index (χ1v) is 6.56. The van der Waals surface area contributed by atoms with Crippen molar-refractivity contribution < 1.29 is 9.72 Å². The predicted molar refractivity (Wildman–Crippen MR) is 76.0 cm³/mol. The fraction of sp³-hybridized carbons (Fsp3) is 0.308. The van der Waals surface area contributed by atoms with Gasteiger partial charge in [0.2, 0.25) is 0 Å². The number of non-ortho nitro benzene ring substituents is 1. The van der Waals surface area contributed by atoms with Crippen molar-refractivity contribution in [2.24, 2.45) is 0 Å². The molecule has 1 aliphatic rings. The zero-order valence-corrected chi connectivity index (χ0v) is 11.4. The van der Waals surface area contributed by atoms with Crippen LogP contribution in [0.25, 0.3) is 0 Å². The number of benzene rings is 1. The maximum Gasteiger partial charge on any atom is 0.270 e. The Bertz CT molecular complexity index is 572. The number of carbonyl (C=O) groups is 1. The third kappa shape index (κ3) is 3.55. The van der Waals surface area contributed by atoms with E-state index in [0.29, 0.717) is 6.54 Å². The van der Waals surface area contributed by atoms with Gasteiger partial charge in [-0.25, -0.2) is 0 Å². The van der Waals surface area contributed by atoms with Crippen molar-refractivity contribution in [3.63, 3.8) is 0 Å². The second-order valence-corrected chi connectivity index (χ2v) is 4.83. The van der Waals surface area contributed by atoms with Gasteiger partial charge in [0, 0.05) is 25.2 Å². The highest BCUT2D eigenvalue weighted by molar-refractivity contribution is 6.33. The van der Waals surface area contributed by atoms with Gasteiger partial charge < -0.3 is 10.6 Å². The van der Waals surface area contributed by atoms with Gasteiger partial charge in [-0.1, -0.05) is 23.3 Å². The lowest BCUT2D eigenvalue weighted by Gasteiger charge is -2.14. The molecule has 0 unspecified atom stereocenters. The number of hydrogen-bond donors (Lipinski definition) is 2. The average molecular weight is 296 g/mol. The van der Waals surface area contributed by atoms with Crippen molar-refractivity contribution in [1.82, 2.24) is 10.6 Å². The molecule has 1 aromatic carbocycles. The number of nitro benzene ring substituents is 1. The minimum atomic E-state index is -0.553. The fourth-order valence-electron chi connectivity index (χ4n) is 1.92. The van der Waals surface area contributed by atoms with Crippen LogP contribution >= 0.6 is 11.6 Å². The molecule has 7 heteroatoms. The van der Waals surface area contributed by atoms with Crippen LogP contribution in [0, 0.1) is 10.1 Å². The molecule has 0 bridgehead atoms. The molecule has 1 amide bonds. The molecule has 2 rings (SSSR count). The lowest BCUT2D eigenvalue weighted by atomic mass is 10.1. The molecule has 0 fully saturated rings. The first-order chi connectivity index (χ1) is 9.58. The van der Waals surface area contributed by atoms with Crippen molar-refractivity contribution in [1.29, 1.82) is 0 Å². The van der Waals surface area contributed by atoms with E-state index in [-0.39, 0.29) is 16.3 Å². The Hall–Kier alpha value is -1.92. The molecular weight excluding hydrogens is 282 g/mol. The van der Waals surface area contributed by atoms with Crippen LogP contribution in [0.1, 0.15) is 16.8 Å². The molecule has 0 saturated heterocycles. The lowest BCUT2D eigenvalue weighted by molar-refractivity contribution is -0.384. The van der Waals surface area contributed by atoms with Gasteiger partial charge in [0.1, 0.15) is 0 Å². The number of nitro groups is 1. The van der Waals surface area contributed by atoms with Crippen LogP contribution in [0.4, 0.5) is 5.69 Å². The molecule has 106 valence electrons. The summed E-state index contributed by atoms with van der Waals surface area (Å²) in [5.74, 6) is -0.405. The van der Waals surface area contributed by atoms with Crippen molar-refractivity contribution in [3.05, 3.63) is 50.5 Å². The van der Waals surface area contributed by atoms with E-state index in [9.17, 15) is 14.9 Å². The number of nitrogens with one attached hydrogen (secondary N) is 2. The fourth-order valence-corrected chi connectivity index (χ4v) is 2.12. The number of nitrogens with zero attached hydrogens (tertiary/aromatic N) is 1. The monoisotopic (exact) mass is 295 g/mol. The Morgan fingerprint density at radius 3 is 2.95 bits per heavy atom. The molecule has 0 saturated carbocycles. The molecule has 0 spiro atoms. The molecule has 0 aromatic heterocycles. The summed E-state index contributed by atoms with van der Waals surface area (Å²) in [6, 6.07) is 3.82. The van der Waals surface area contributed by atoms with Crippen LogP contribution in [0.5, 0.6) is 0 Å². The number of carbonyl (C=O) groups excluding carboxylic acids is 1. The minimum Gasteiger partial charge on any atom is -0.348 e. The number of halogens is 1. The first kappa shape index (κ1) is 14.5. The van der Waals surface area contributed by atoms with Crippen molar-refractivity contribution in [3.8, 4) is 0 Å². The summed E-state index contributed by atoms with van der Waals surface area (Å²) < 4.78 is 0. The Morgan fingerprint density at radius 2 is 2.30 bits per heavy atom. The predicted octanol–water partition coefficient (Wildman–Crippen LogP) is 1.90. The standard InChI is InChI=1S/C13H14ClN3O3/c14-12-2-1-10(17(19)20)7-11(12)13(18)16-8-9-3-5-15-6-4-9/h1-3,7,15H,4-6,8H2,(H,16,18). The van der Waals surface area contributed by atoms with E-state index in [2.05, 4.69) is 10.6 Å². The van der Waals surface area contributed by atoms with Crippen LogP contribution in [-0.2, 0) is 0 Å². The van der Waals surface area contributed by atoms with E-state index >= 15 is 0 Å². The zero-order chi connectivity index (χ0) is 14.5. The van der Waals surface area contributed by atoms with E-state index in [1.54, 1.807) is 0 Å². The molecular formula is C13H14ClN3O3. The summed E-state index contributed by atoms with van der Waals surface area (Å²) in [5, 5.41) is 16.8. The lowest BCUT2D eigenvalue weighted by Crippen LogP contribution is -2.29. The van der Waals surface area contributed by atoms with Crippen LogP contribution < -0.4 is 10.6 Å². The van der Waals surface area contributed by atoms with E-state index in [1.165, 1.54) is 18.2 Å². The van der Waals surface area contributed by atoms with Gasteiger partial charge in [-0.15, -0.1) is 0 Å². The third-order valence-electron chi connectivity index (χ3n) is 3.04.